The average Bonchev–Trinajstić information content (AvgIpc) is 4.03. The van der Waals surface area contributed by atoms with E-state index in [0.29, 0.717) is 43.7 Å². The van der Waals surface area contributed by atoms with Crippen molar-refractivity contribution in [1.82, 2.24) is 15.2 Å². The van der Waals surface area contributed by atoms with E-state index >= 15 is 0 Å². The highest BCUT2D eigenvalue weighted by atomic mass is 32.1. The molecule has 0 bridgehead atoms. The number of Topliss-reactive ketones (excluding diaryl/α,β-unsaturated/α-hetero) is 1. The van der Waals surface area contributed by atoms with Crippen molar-refractivity contribution < 1.29 is 41.8 Å². The molecule has 17 heteroatoms. The fraction of sp³-hybridized carbons (Fsp3) is 0.365. The third kappa shape index (κ3) is 11.2. The predicted molar refractivity (Wildman–Crippen MR) is 263 cm³/mol. The summed E-state index contributed by atoms with van der Waals surface area (Å²) in [5.41, 5.74) is 3.54. The van der Waals surface area contributed by atoms with Gasteiger partial charge in [0.25, 0.3) is 5.91 Å². The van der Waals surface area contributed by atoms with E-state index < -0.39 is 52.2 Å². The van der Waals surface area contributed by atoms with Crippen LogP contribution in [0.1, 0.15) is 76.3 Å². The molecule has 2 fully saturated rings. The van der Waals surface area contributed by atoms with Crippen LogP contribution in [-0.4, -0.2) is 82.5 Å². The number of nitrogens with one attached hydrogen (secondary N) is 1. The molecule has 3 amide bonds. The number of likely N-dealkylation sites (tertiary alicyclic amines) is 1. The molecule has 1 N–H and O–H groups in total. The normalized spacial score (nSPS) is 16.4. The summed E-state index contributed by atoms with van der Waals surface area (Å²) in [6, 6.07) is 25.9. The molecule has 5 aromatic rings. The quantitative estimate of drug-likeness (QED) is 0.0750. The molecule has 0 saturated carbocycles. The van der Waals surface area contributed by atoms with Gasteiger partial charge in [-0.25, -0.2) is 4.98 Å². The molecule has 4 aromatic carbocycles. The molecule has 2 atom stereocenters. The second-order valence-corrected chi connectivity index (χ2v) is 19.8. The van der Waals surface area contributed by atoms with Crippen molar-refractivity contribution in [3.05, 3.63) is 119 Å². The summed E-state index contributed by atoms with van der Waals surface area (Å²) in [6.07, 6.45) is -2.64. The van der Waals surface area contributed by atoms with Gasteiger partial charge in [0.1, 0.15) is 30.5 Å². The Morgan fingerprint density at radius 2 is 1.58 bits per heavy atom. The van der Waals surface area contributed by atoms with Crippen molar-refractivity contribution >= 4 is 63.5 Å². The summed E-state index contributed by atoms with van der Waals surface area (Å²) in [6.45, 7) is 11.3. The molecule has 7 rings (SSSR count). The smallest absolute Gasteiger partial charge is 0.417 e. The second-order valence-electron chi connectivity index (χ2n) is 18.6. The number of hydrogen-bond acceptors (Lipinski definition) is 10. The molecule has 3 heterocycles. The fourth-order valence-electron chi connectivity index (χ4n) is 8.61. The lowest BCUT2D eigenvalue weighted by Gasteiger charge is -2.35. The lowest BCUT2D eigenvalue weighted by molar-refractivity contribution is -0.144. The molecule has 2 saturated heterocycles. The van der Waals surface area contributed by atoms with E-state index in [4.69, 9.17) is 21.7 Å². The fourth-order valence-corrected chi connectivity index (χ4v) is 9.94. The molecule has 1 aromatic heterocycles. The summed E-state index contributed by atoms with van der Waals surface area (Å²) in [5, 5.41) is 12.1. The minimum Gasteiger partial charge on any atom is -0.491 e. The topological polar surface area (TPSA) is 145 Å². The van der Waals surface area contributed by atoms with Gasteiger partial charge in [0.05, 0.1) is 51.6 Å². The first kappa shape index (κ1) is 50.4. The first-order valence-corrected chi connectivity index (χ1v) is 23.8. The van der Waals surface area contributed by atoms with Crippen LogP contribution in [0, 0.1) is 23.7 Å². The molecule has 2 aliphatic rings. The van der Waals surface area contributed by atoms with E-state index in [-0.39, 0.29) is 42.3 Å². The van der Waals surface area contributed by atoms with Crippen LogP contribution >= 0.6 is 23.6 Å². The van der Waals surface area contributed by atoms with E-state index in [1.165, 1.54) is 6.07 Å². The number of aryl methyl sites for hydroxylation is 2. The van der Waals surface area contributed by atoms with Crippen LogP contribution in [0.5, 0.6) is 5.75 Å². The molecule has 0 unspecified atom stereocenters. The number of thiazole rings is 1. The molecule has 360 valence electrons. The Kier molecular flexibility index (Phi) is 15.1. The van der Waals surface area contributed by atoms with E-state index in [9.17, 15) is 37.6 Å². The highest BCUT2D eigenvalue weighted by Crippen LogP contribution is 2.40. The number of benzene rings is 4. The minimum absolute atomic E-state index is 0.000845. The van der Waals surface area contributed by atoms with Crippen LogP contribution < -0.4 is 19.9 Å². The molecular formula is C52H53F3N6O6S2. The minimum atomic E-state index is -4.81. The van der Waals surface area contributed by atoms with Crippen molar-refractivity contribution in [2.45, 2.75) is 91.0 Å². The van der Waals surface area contributed by atoms with Crippen molar-refractivity contribution in [3.63, 3.8) is 0 Å². The molecule has 12 nitrogen and oxygen atoms in total. The van der Waals surface area contributed by atoms with Gasteiger partial charge in [-0.2, -0.15) is 18.4 Å². The first-order chi connectivity index (χ1) is 32.7. The number of amides is 3. The zero-order chi connectivity index (χ0) is 49.8. The molecular weight excluding hydrogens is 926 g/mol. The number of nitriles is 1. The monoisotopic (exact) mass is 978 g/mol. The Morgan fingerprint density at radius 3 is 2.19 bits per heavy atom. The maximum atomic E-state index is 14.0. The Labute approximate surface area is 409 Å². The van der Waals surface area contributed by atoms with E-state index in [0.717, 1.165) is 49.9 Å². The van der Waals surface area contributed by atoms with Crippen LogP contribution in [0.15, 0.2) is 96.5 Å². The predicted octanol–water partition coefficient (Wildman–Crippen LogP) is 9.71. The van der Waals surface area contributed by atoms with Crippen LogP contribution in [0.4, 0.5) is 24.5 Å². The van der Waals surface area contributed by atoms with Gasteiger partial charge in [-0.1, -0.05) is 69.3 Å². The Morgan fingerprint density at radius 1 is 0.942 bits per heavy atom. The second kappa shape index (κ2) is 20.6. The maximum absolute atomic E-state index is 14.0. The number of nitrogens with zero attached hydrogens (tertiary/aromatic N) is 5. The first-order valence-electron chi connectivity index (χ1n) is 22.5. The summed E-state index contributed by atoms with van der Waals surface area (Å²) < 4.78 is 52.8. The molecule has 0 spiro atoms. The van der Waals surface area contributed by atoms with Gasteiger partial charge in [0.15, 0.2) is 10.9 Å². The zero-order valence-corrected chi connectivity index (χ0v) is 40.8. The van der Waals surface area contributed by atoms with Crippen LogP contribution in [-0.2, 0) is 36.5 Å². The Balaban J connectivity index is 0.872. The van der Waals surface area contributed by atoms with Crippen molar-refractivity contribution in [2.75, 3.05) is 36.2 Å². The summed E-state index contributed by atoms with van der Waals surface area (Å²) in [5.74, 6) is -0.681. The number of ketones is 1. The molecule has 0 aliphatic carbocycles. The number of thiocarbonyl (C=S) groups is 1. The summed E-state index contributed by atoms with van der Waals surface area (Å²) in [4.78, 5) is 64.0. The number of anilines is 2. The highest BCUT2D eigenvalue weighted by molar-refractivity contribution is 7.81. The van der Waals surface area contributed by atoms with Gasteiger partial charge in [-0.15, -0.1) is 11.3 Å². The third-order valence-electron chi connectivity index (χ3n) is 12.3. The van der Waals surface area contributed by atoms with Crippen LogP contribution in [0.2, 0.25) is 0 Å². The zero-order valence-electron chi connectivity index (χ0n) is 39.2. The van der Waals surface area contributed by atoms with Crippen molar-refractivity contribution in [1.29, 1.82) is 5.26 Å². The number of hydrogen-bond donors (Lipinski definition) is 1. The highest BCUT2D eigenvalue weighted by Gasteiger charge is 2.51. The Bertz CT molecular complexity index is 2760. The largest absolute Gasteiger partial charge is 0.491 e. The third-order valence-corrected chi connectivity index (χ3v) is 13.7. The standard InChI is InChI=1S/C52H53F3N6O6S2/c1-32-45(69-31-57-32)36-12-9-33(10-13-36)11-24-43(62)42-8-7-25-59(42)47(64)46(50(2,3)4)58-44(63)30-66-26-27-67-40-22-17-35(18-23-40)34-14-19-38(20-15-34)61-49(68)60(48(65)51(61,5)6)39-21-16-37(29-56)41(28-39)52(53,54)55/h9-10,12-23,28,31,42,46H,7-8,11,24-27,30H2,1-6H3,(H,58,63)/t42-,46+/m0/s1. The number of carbonyl (C=O) groups is 4. The van der Waals surface area contributed by atoms with Crippen LogP contribution in [0.25, 0.3) is 21.6 Å². The lowest BCUT2D eigenvalue weighted by Crippen LogP contribution is -2.57. The number of ether oxygens (including phenoxy) is 2. The van der Waals surface area contributed by atoms with E-state index in [1.54, 1.807) is 65.3 Å². The number of rotatable bonds is 16. The number of halogens is 3. The van der Waals surface area contributed by atoms with Gasteiger partial charge in [0, 0.05) is 18.7 Å². The SMILES string of the molecule is Cc1ncsc1-c1ccc(CCC(=O)[C@@H]2CCCN2C(=O)[C@@H](NC(=O)COCCOc2ccc(-c3ccc(N4C(=S)N(c5ccc(C#N)c(C(F)(F)F)c5)C(=O)C4(C)C)cc3)cc2)C(C)(C)C)cc1. The lowest BCUT2D eigenvalue weighted by atomic mass is 9.85. The number of alkyl halides is 3. The van der Waals surface area contributed by atoms with Gasteiger partial charge in [0.2, 0.25) is 11.8 Å². The number of aromatic nitrogens is 1. The average molecular weight is 979 g/mol. The van der Waals surface area contributed by atoms with Gasteiger partial charge in [-0.3, -0.25) is 24.1 Å². The summed E-state index contributed by atoms with van der Waals surface area (Å²) >= 11 is 7.26. The Hall–Kier alpha value is -6.48. The number of carbonyl (C=O) groups excluding carboxylic acids is 4. The maximum Gasteiger partial charge on any atom is 0.417 e. The van der Waals surface area contributed by atoms with Gasteiger partial charge < -0.3 is 24.6 Å². The molecule has 2 aliphatic heterocycles. The van der Waals surface area contributed by atoms with Crippen molar-refractivity contribution in [3.8, 4) is 33.4 Å². The van der Waals surface area contributed by atoms with E-state index in [1.807, 2.05) is 81.7 Å². The van der Waals surface area contributed by atoms with Gasteiger partial charge in [-0.05, 0) is 122 Å². The van der Waals surface area contributed by atoms with Crippen LogP contribution in [0.3, 0.4) is 0 Å². The van der Waals surface area contributed by atoms with E-state index in [2.05, 4.69) is 10.3 Å². The van der Waals surface area contributed by atoms with Gasteiger partial charge >= 0.3 is 6.18 Å². The molecule has 69 heavy (non-hydrogen) atoms. The van der Waals surface area contributed by atoms with Crippen molar-refractivity contribution in [2.24, 2.45) is 5.41 Å². The molecule has 0 radical (unpaired) electrons. The summed E-state index contributed by atoms with van der Waals surface area (Å²) in [7, 11) is 0.